The second kappa shape index (κ2) is 7.77. The summed E-state index contributed by atoms with van der Waals surface area (Å²) in [5.74, 6) is 0.500. The fourth-order valence-corrected chi connectivity index (χ4v) is 3.58. The minimum atomic E-state index is -3.61. The molecule has 8 nitrogen and oxygen atoms in total. The molecule has 130 valence electrons. The lowest BCUT2D eigenvalue weighted by molar-refractivity contribution is -0.114. The molecule has 0 aliphatic carbocycles. The second-order valence-corrected chi connectivity index (χ2v) is 7.56. The molecule has 2 aromatic rings. The molecule has 2 N–H and O–H groups in total. The number of nitrogens with one attached hydrogen (secondary N) is 2. The predicted octanol–water partition coefficient (Wildman–Crippen LogP) is 1.02. The summed E-state index contributed by atoms with van der Waals surface area (Å²) >= 11 is 1.48. The molecule has 0 unspecified atom stereocenters. The zero-order chi connectivity index (χ0) is 17.7. The van der Waals surface area contributed by atoms with Gasteiger partial charge in [-0.25, -0.2) is 13.1 Å². The lowest BCUT2D eigenvalue weighted by Crippen LogP contribution is -2.26. The van der Waals surface area contributed by atoms with Gasteiger partial charge in [-0.3, -0.25) is 4.79 Å². The van der Waals surface area contributed by atoms with Crippen molar-refractivity contribution in [3.8, 4) is 0 Å². The Morgan fingerprint density at radius 3 is 2.46 bits per heavy atom. The topological polar surface area (TPSA) is 106 Å². The fraction of sp³-hybridized carbons (Fsp3) is 0.357. The Bertz CT molecular complexity index is 815. The van der Waals surface area contributed by atoms with Crippen LogP contribution in [-0.2, 0) is 28.3 Å². The Kier molecular flexibility index (Phi) is 5.97. The van der Waals surface area contributed by atoms with Crippen molar-refractivity contribution in [1.29, 1.82) is 0 Å². The van der Waals surface area contributed by atoms with Gasteiger partial charge in [0.05, 0.1) is 4.90 Å². The molecule has 1 heterocycles. The molecule has 0 saturated heterocycles. The van der Waals surface area contributed by atoms with Crippen LogP contribution < -0.4 is 10.0 Å². The van der Waals surface area contributed by atoms with Gasteiger partial charge in [-0.2, -0.15) is 0 Å². The molecular formula is C14H19N5O3S2. The number of rotatable bonds is 7. The molecular weight excluding hydrogens is 350 g/mol. The number of nitrogens with zero attached hydrogens (tertiary/aromatic N) is 3. The number of hydrogen-bond acceptors (Lipinski definition) is 6. The van der Waals surface area contributed by atoms with Gasteiger partial charge in [0.15, 0.2) is 5.16 Å². The smallest absolute Gasteiger partial charge is 0.240 e. The standard InChI is InChI=1S/C14H19N5O3S2/c1-10(20)16-11-4-6-12(7-5-11)24(21,22)15-9-8-13-17-18-14(23-3)19(13)2/h4-7,15H,8-9H2,1-3H3,(H,16,20). The van der Waals surface area contributed by atoms with Crippen LogP contribution in [0.4, 0.5) is 5.69 Å². The van der Waals surface area contributed by atoms with Gasteiger partial charge >= 0.3 is 0 Å². The third-order valence-electron chi connectivity index (χ3n) is 3.23. The summed E-state index contributed by atoms with van der Waals surface area (Å²) in [6, 6.07) is 5.98. The molecule has 0 atom stereocenters. The number of carbonyl (C=O) groups excluding carboxylic acids is 1. The molecule has 1 amide bonds. The van der Waals surface area contributed by atoms with Crippen LogP contribution in [0, 0.1) is 0 Å². The second-order valence-electron chi connectivity index (χ2n) is 5.02. The van der Waals surface area contributed by atoms with E-state index in [-0.39, 0.29) is 17.3 Å². The van der Waals surface area contributed by atoms with Crippen LogP contribution in [-0.4, -0.2) is 41.9 Å². The molecule has 2 rings (SSSR count). The summed E-state index contributed by atoms with van der Waals surface area (Å²) in [7, 11) is -1.77. The maximum Gasteiger partial charge on any atom is 0.240 e. The summed E-state index contributed by atoms with van der Waals surface area (Å²) in [6.07, 6.45) is 2.34. The van der Waals surface area contributed by atoms with Gasteiger partial charge in [0, 0.05) is 32.6 Å². The van der Waals surface area contributed by atoms with Crippen molar-refractivity contribution >= 4 is 33.4 Å². The Hall–Kier alpha value is -1.91. The van der Waals surface area contributed by atoms with E-state index in [1.165, 1.54) is 30.8 Å². The van der Waals surface area contributed by atoms with E-state index < -0.39 is 10.0 Å². The van der Waals surface area contributed by atoms with Crippen molar-refractivity contribution in [2.75, 3.05) is 18.1 Å². The molecule has 0 saturated carbocycles. The average molecular weight is 369 g/mol. The van der Waals surface area contributed by atoms with Crippen molar-refractivity contribution in [3.63, 3.8) is 0 Å². The maximum absolute atomic E-state index is 12.3. The minimum absolute atomic E-state index is 0.138. The van der Waals surface area contributed by atoms with E-state index in [0.717, 1.165) is 5.16 Å². The van der Waals surface area contributed by atoms with Gasteiger partial charge < -0.3 is 9.88 Å². The van der Waals surface area contributed by atoms with Gasteiger partial charge in [-0.05, 0) is 30.5 Å². The third-order valence-corrected chi connectivity index (χ3v) is 5.43. The van der Waals surface area contributed by atoms with Crippen LogP contribution in [0.25, 0.3) is 0 Å². The first-order chi connectivity index (χ1) is 11.3. The Morgan fingerprint density at radius 1 is 1.25 bits per heavy atom. The highest BCUT2D eigenvalue weighted by Crippen LogP contribution is 2.14. The lowest BCUT2D eigenvalue weighted by Gasteiger charge is -2.08. The number of thioether (sulfide) groups is 1. The minimum Gasteiger partial charge on any atom is -0.326 e. The van der Waals surface area contributed by atoms with E-state index in [0.29, 0.717) is 17.9 Å². The molecule has 1 aromatic carbocycles. The first-order valence-electron chi connectivity index (χ1n) is 7.13. The highest BCUT2D eigenvalue weighted by molar-refractivity contribution is 7.98. The number of amides is 1. The van der Waals surface area contributed by atoms with Gasteiger partial charge in [-0.1, -0.05) is 11.8 Å². The molecule has 0 fully saturated rings. The van der Waals surface area contributed by atoms with E-state index in [1.807, 2.05) is 17.9 Å². The number of benzene rings is 1. The van der Waals surface area contributed by atoms with Gasteiger partial charge in [0.2, 0.25) is 15.9 Å². The molecule has 1 aromatic heterocycles. The average Bonchev–Trinajstić information content (AvgIpc) is 2.87. The van der Waals surface area contributed by atoms with Gasteiger partial charge in [0.1, 0.15) is 5.82 Å². The molecule has 24 heavy (non-hydrogen) atoms. The predicted molar refractivity (Wildman–Crippen MR) is 92.4 cm³/mol. The summed E-state index contributed by atoms with van der Waals surface area (Å²) < 4.78 is 28.9. The summed E-state index contributed by atoms with van der Waals surface area (Å²) in [5.41, 5.74) is 0.546. The molecule has 10 heteroatoms. The van der Waals surface area contributed by atoms with E-state index in [2.05, 4.69) is 20.2 Å². The highest BCUT2D eigenvalue weighted by atomic mass is 32.2. The summed E-state index contributed by atoms with van der Waals surface area (Å²) in [6.45, 7) is 1.61. The monoisotopic (exact) mass is 369 g/mol. The van der Waals surface area contributed by atoms with Crippen molar-refractivity contribution in [2.45, 2.75) is 23.4 Å². The van der Waals surface area contributed by atoms with Crippen molar-refractivity contribution < 1.29 is 13.2 Å². The molecule has 0 bridgehead atoms. The van der Waals surface area contributed by atoms with Crippen molar-refractivity contribution in [2.24, 2.45) is 7.05 Å². The van der Waals surface area contributed by atoms with Crippen LogP contribution in [0.2, 0.25) is 0 Å². The SMILES string of the molecule is CSc1nnc(CCNS(=O)(=O)c2ccc(NC(C)=O)cc2)n1C. The van der Waals surface area contributed by atoms with E-state index >= 15 is 0 Å². The first-order valence-corrected chi connectivity index (χ1v) is 9.84. The quantitative estimate of drug-likeness (QED) is 0.706. The number of anilines is 1. The van der Waals surface area contributed by atoms with Crippen LogP contribution in [0.1, 0.15) is 12.7 Å². The Labute approximate surface area is 145 Å². The van der Waals surface area contributed by atoms with Crippen LogP contribution in [0.3, 0.4) is 0 Å². The highest BCUT2D eigenvalue weighted by Gasteiger charge is 2.14. The van der Waals surface area contributed by atoms with E-state index in [9.17, 15) is 13.2 Å². The summed E-state index contributed by atoms with van der Waals surface area (Å²) in [4.78, 5) is 11.1. The number of sulfonamides is 1. The van der Waals surface area contributed by atoms with E-state index in [4.69, 9.17) is 0 Å². The molecule has 0 aliphatic heterocycles. The number of hydrogen-bond donors (Lipinski definition) is 2. The molecule has 0 spiro atoms. The van der Waals surface area contributed by atoms with Gasteiger partial charge in [-0.15, -0.1) is 10.2 Å². The normalized spacial score (nSPS) is 11.5. The Balaban J connectivity index is 1.98. The first kappa shape index (κ1) is 18.4. The number of aromatic nitrogens is 3. The van der Waals surface area contributed by atoms with Crippen molar-refractivity contribution in [3.05, 3.63) is 30.1 Å². The van der Waals surface area contributed by atoms with E-state index in [1.54, 1.807) is 12.1 Å². The van der Waals surface area contributed by atoms with Crippen LogP contribution in [0.15, 0.2) is 34.3 Å². The van der Waals surface area contributed by atoms with Crippen LogP contribution >= 0.6 is 11.8 Å². The Morgan fingerprint density at radius 2 is 1.92 bits per heavy atom. The molecule has 0 radical (unpaired) electrons. The maximum atomic E-state index is 12.3. The van der Waals surface area contributed by atoms with Gasteiger partial charge in [0.25, 0.3) is 0 Å². The van der Waals surface area contributed by atoms with Crippen molar-refractivity contribution in [1.82, 2.24) is 19.5 Å². The van der Waals surface area contributed by atoms with Crippen LogP contribution in [0.5, 0.6) is 0 Å². The zero-order valence-corrected chi connectivity index (χ0v) is 15.2. The lowest BCUT2D eigenvalue weighted by atomic mass is 10.3. The molecule has 0 aliphatic rings. The zero-order valence-electron chi connectivity index (χ0n) is 13.6. The summed E-state index contributed by atoms with van der Waals surface area (Å²) in [5, 5.41) is 11.4. The number of carbonyl (C=O) groups is 1. The fourth-order valence-electron chi connectivity index (χ4n) is 2.04. The largest absolute Gasteiger partial charge is 0.326 e. The third kappa shape index (κ3) is 4.56.